The van der Waals surface area contributed by atoms with Crippen LogP contribution in [0.3, 0.4) is 0 Å². The SMILES string of the molecule is Fc1cccc(CN2CCC3(CCCN3Cc3cccnc3)CC2)c1. The molecule has 0 N–H and O–H groups in total. The third-order valence-electron chi connectivity index (χ3n) is 5.92. The lowest BCUT2D eigenvalue weighted by Gasteiger charge is -2.45. The Bertz CT molecular complexity index is 695. The van der Waals surface area contributed by atoms with Crippen molar-refractivity contribution in [2.75, 3.05) is 19.6 Å². The van der Waals surface area contributed by atoms with Crippen molar-refractivity contribution in [3.05, 3.63) is 65.7 Å². The molecule has 0 unspecified atom stereocenters. The molecular weight excluding hydrogens is 313 g/mol. The molecule has 3 nitrogen and oxygen atoms in total. The molecule has 0 bridgehead atoms. The van der Waals surface area contributed by atoms with E-state index in [1.807, 2.05) is 30.6 Å². The first kappa shape index (κ1) is 16.7. The fraction of sp³-hybridized carbons (Fsp3) is 0.476. The quantitative estimate of drug-likeness (QED) is 0.843. The smallest absolute Gasteiger partial charge is 0.123 e. The normalized spacial score (nSPS) is 21.0. The molecule has 0 saturated carbocycles. The molecule has 1 spiro atoms. The second-order valence-corrected chi connectivity index (χ2v) is 7.52. The fourth-order valence-electron chi connectivity index (χ4n) is 4.54. The third-order valence-corrected chi connectivity index (χ3v) is 5.92. The molecule has 0 aliphatic carbocycles. The van der Waals surface area contributed by atoms with Crippen LogP contribution in [0.5, 0.6) is 0 Å². The zero-order chi connectivity index (χ0) is 17.1. The Labute approximate surface area is 149 Å². The summed E-state index contributed by atoms with van der Waals surface area (Å²) in [4.78, 5) is 9.42. The van der Waals surface area contributed by atoms with E-state index in [-0.39, 0.29) is 5.82 Å². The zero-order valence-corrected chi connectivity index (χ0v) is 14.7. The molecule has 25 heavy (non-hydrogen) atoms. The third kappa shape index (κ3) is 3.75. The van der Waals surface area contributed by atoms with Crippen molar-refractivity contribution in [2.45, 2.75) is 44.3 Å². The highest BCUT2D eigenvalue weighted by atomic mass is 19.1. The Morgan fingerprint density at radius 3 is 2.56 bits per heavy atom. The van der Waals surface area contributed by atoms with Crippen LogP contribution in [0.1, 0.15) is 36.8 Å². The molecule has 2 aromatic rings. The van der Waals surface area contributed by atoms with E-state index in [0.717, 1.165) is 31.7 Å². The number of likely N-dealkylation sites (tertiary alicyclic amines) is 2. The predicted molar refractivity (Wildman–Crippen MR) is 97.5 cm³/mol. The van der Waals surface area contributed by atoms with Crippen LogP contribution >= 0.6 is 0 Å². The number of nitrogens with zero attached hydrogens (tertiary/aromatic N) is 3. The summed E-state index contributed by atoms with van der Waals surface area (Å²) in [6, 6.07) is 11.2. The Hall–Kier alpha value is -1.78. The van der Waals surface area contributed by atoms with Crippen molar-refractivity contribution in [3.63, 3.8) is 0 Å². The van der Waals surface area contributed by atoms with Gasteiger partial charge in [0.1, 0.15) is 5.82 Å². The highest BCUT2D eigenvalue weighted by molar-refractivity contribution is 5.16. The molecule has 2 fully saturated rings. The van der Waals surface area contributed by atoms with Gasteiger partial charge >= 0.3 is 0 Å². The van der Waals surface area contributed by atoms with E-state index in [1.54, 1.807) is 6.07 Å². The lowest BCUT2D eigenvalue weighted by Crippen LogP contribution is -2.51. The maximum atomic E-state index is 13.4. The van der Waals surface area contributed by atoms with E-state index >= 15 is 0 Å². The summed E-state index contributed by atoms with van der Waals surface area (Å²) in [5.74, 6) is -0.135. The number of halogens is 1. The minimum atomic E-state index is -0.135. The van der Waals surface area contributed by atoms with Crippen molar-refractivity contribution in [3.8, 4) is 0 Å². The first-order valence-electron chi connectivity index (χ1n) is 9.34. The lowest BCUT2D eigenvalue weighted by molar-refractivity contribution is 0.0449. The molecule has 3 heterocycles. The van der Waals surface area contributed by atoms with Gasteiger partial charge < -0.3 is 0 Å². The van der Waals surface area contributed by atoms with Crippen LogP contribution in [-0.2, 0) is 13.1 Å². The number of aromatic nitrogens is 1. The molecule has 2 saturated heterocycles. The number of hydrogen-bond donors (Lipinski definition) is 0. The van der Waals surface area contributed by atoms with Gasteiger partial charge in [-0.2, -0.15) is 0 Å². The Morgan fingerprint density at radius 2 is 1.80 bits per heavy atom. The van der Waals surface area contributed by atoms with Gasteiger partial charge in [-0.25, -0.2) is 4.39 Å². The van der Waals surface area contributed by atoms with Gasteiger partial charge in [-0.15, -0.1) is 0 Å². The zero-order valence-electron chi connectivity index (χ0n) is 14.7. The summed E-state index contributed by atoms with van der Waals surface area (Å²) in [6.45, 7) is 5.26. The first-order valence-corrected chi connectivity index (χ1v) is 9.34. The van der Waals surface area contributed by atoms with Crippen LogP contribution in [0.4, 0.5) is 4.39 Å². The van der Waals surface area contributed by atoms with E-state index < -0.39 is 0 Å². The Balaban J connectivity index is 1.38. The molecular formula is C21H26FN3. The van der Waals surface area contributed by atoms with E-state index in [9.17, 15) is 4.39 Å². The van der Waals surface area contributed by atoms with E-state index in [4.69, 9.17) is 0 Å². The van der Waals surface area contributed by atoms with Crippen LogP contribution in [0.25, 0.3) is 0 Å². The molecule has 2 aliphatic rings. The molecule has 0 atom stereocenters. The molecule has 1 aromatic heterocycles. The summed E-state index contributed by atoms with van der Waals surface area (Å²) in [5, 5.41) is 0. The van der Waals surface area contributed by atoms with Gasteiger partial charge in [-0.3, -0.25) is 14.8 Å². The average molecular weight is 339 g/mol. The molecule has 4 heteroatoms. The van der Waals surface area contributed by atoms with Gasteiger partial charge in [0.15, 0.2) is 0 Å². The highest BCUT2D eigenvalue weighted by Gasteiger charge is 2.42. The van der Waals surface area contributed by atoms with Gasteiger partial charge in [0.05, 0.1) is 0 Å². The fourth-order valence-corrected chi connectivity index (χ4v) is 4.54. The van der Waals surface area contributed by atoms with Crippen LogP contribution in [0.15, 0.2) is 48.8 Å². The van der Waals surface area contributed by atoms with Gasteiger partial charge in [-0.1, -0.05) is 18.2 Å². The summed E-state index contributed by atoms with van der Waals surface area (Å²) in [7, 11) is 0. The van der Waals surface area contributed by atoms with Crippen molar-refractivity contribution >= 4 is 0 Å². The number of benzene rings is 1. The number of pyridine rings is 1. The monoisotopic (exact) mass is 339 g/mol. The maximum Gasteiger partial charge on any atom is 0.123 e. The van der Waals surface area contributed by atoms with E-state index in [1.165, 1.54) is 43.9 Å². The summed E-state index contributed by atoms with van der Waals surface area (Å²) in [6.07, 6.45) is 8.86. The van der Waals surface area contributed by atoms with Crippen LogP contribution in [-0.4, -0.2) is 40.0 Å². The van der Waals surface area contributed by atoms with Gasteiger partial charge in [0, 0.05) is 44.1 Å². The second kappa shape index (κ2) is 7.22. The van der Waals surface area contributed by atoms with E-state index in [2.05, 4.69) is 20.9 Å². The minimum absolute atomic E-state index is 0.135. The molecule has 4 rings (SSSR count). The van der Waals surface area contributed by atoms with Crippen molar-refractivity contribution in [1.82, 2.24) is 14.8 Å². The topological polar surface area (TPSA) is 19.4 Å². The molecule has 2 aliphatic heterocycles. The van der Waals surface area contributed by atoms with Crippen molar-refractivity contribution in [1.29, 1.82) is 0 Å². The van der Waals surface area contributed by atoms with Gasteiger partial charge in [0.2, 0.25) is 0 Å². The predicted octanol–water partition coefficient (Wildman–Crippen LogP) is 3.85. The highest BCUT2D eigenvalue weighted by Crippen LogP contribution is 2.39. The molecule has 0 radical (unpaired) electrons. The number of hydrogen-bond acceptors (Lipinski definition) is 3. The van der Waals surface area contributed by atoms with Crippen LogP contribution in [0, 0.1) is 5.82 Å². The standard InChI is InChI=1S/C21H26FN3/c22-20-6-1-4-18(14-20)16-24-12-8-21(9-13-24)7-3-11-25(21)17-19-5-2-10-23-15-19/h1-2,4-6,10,14-15H,3,7-9,11-13,16-17H2. The Kier molecular flexibility index (Phi) is 4.82. The Morgan fingerprint density at radius 1 is 0.960 bits per heavy atom. The summed E-state index contributed by atoms with van der Waals surface area (Å²) >= 11 is 0. The number of rotatable bonds is 4. The van der Waals surface area contributed by atoms with Crippen LogP contribution in [0.2, 0.25) is 0 Å². The first-order chi connectivity index (χ1) is 12.2. The van der Waals surface area contributed by atoms with Gasteiger partial charge in [0.25, 0.3) is 0 Å². The molecule has 0 amide bonds. The van der Waals surface area contributed by atoms with Crippen molar-refractivity contribution < 1.29 is 4.39 Å². The van der Waals surface area contributed by atoms with Crippen molar-refractivity contribution in [2.24, 2.45) is 0 Å². The van der Waals surface area contributed by atoms with Crippen LogP contribution < -0.4 is 0 Å². The largest absolute Gasteiger partial charge is 0.299 e. The molecule has 132 valence electrons. The summed E-state index contributed by atoms with van der Waals surface area (Å²) in [5.41, 5.74) is 2.74. The minimum Gasteiger partial charge on any atom is -0.299 e. The molecule has 1 aromatic carbocycles. The van der Waals surface area contributed by atoms with Gasteiger partial charge in [-0.05, 0) is 61.6 Å². The lowest BCUT2D eigenvalue weighted by atomic mass is 9.84. The van der Waals surface area contributed by atoms with E-state index in [0.29, 0.717) is 5.54 Å². The maximum absolute atomic E-state index is 13.4. The average Bonchev–Trinajstić information content (AvgIpc) is 3.00. The second-order valence-electron chi connectivity index (χ2n) is 7.52. The summed E-state index contributed by atoms with van der Waals surface area (Å²) < 4.78 is 13.4. The number of piperidine rings is 1.